The molecule has 0 aromatic heterocycles. The normalized spacial score (nSPS) is 32.7. The lowest BCUT2D eigenvalue weighted by atomic mass is 9.70. The molecule has 3 rings (SSSR count). The van der Waals surface area contributed by atoms with Crippen LogP contribution in [-0.2, 0) is 4.79 Å². The molecule has 0 amide bonds. The van der Waals surface area contributed by atoms with Crippen molar-refractivity contribution in [3.8, 4) is 0 Å². The Morgan fingerprint density at radius 2 is 1.26 bits per heavy atom. The second kappa shape index (κ2) is 6.07. The zero-order valence-corrected chi connectivity index (χ0v) is 12.0. The molecule has 0 aromatic carbocycles. The minimum atomic E-state index is 0.280. The summed E-state index contributed by atoms with van der Waals surface area (Å²) in [6, 6.07) is 0. The quantitative estimate of drug-likeness (QED) is 0.639. The standard InChI is InChI=1S/C18H26O/c19-18-16(14-8-3-1-4-9-14)12-7-13-17(18)15-10-5-2-6-11-15/h8,10,16-17H,1-7,9,11-13H2/t16-,17-/m0/s1. The predicted octanol–water partition coefficient (Wildman–Crippen LogP) is 4.97. The molecule has 3 aliphatic rings. The van der Waals surface area contributed by atoms with E-state index >= 15 is 0 Å². The van der Waals surface area contributed by atoms with Crippen molar-refractivity contribution >= 4 is 5.78 Å². The molecule has 0 radical (unpaired) electrons. The van der Waals surface area contributed by atoms with Crippen LogP contribution in [0.2, 0.25) is 0 Å². The van der Waals surface area contributed by atoms with Crippen molar-refractivity contribution in [2.24, 2.45) is 11.8 Å². The van der Waals surface area contributed by atoms with Crippen molar-refractivity contribution in [1.82, 2.24) is 0 Å². The van der Waals surface area contributed by atoms with Crippen LogP contribution >= 0.6 is 0 Å². The molecule has 104 valence electrons. The molecule has 3 aliphatic carbocycles. The minimum absolute atomic E-state index is 0.280. The SMILES string of the molecule is O=C1[C@H](C2=CCCCC2)CCC[C@H]1C1=CCCCC1. The third kappa shape index (κ3) is 2.85. The van der Waals surface area contributed by atoms with E-state index in [9.17, 15) is 4.79 Å². The molecule has 1 nitrogen and oxygen atoms in total. The van der Waals surface area contributed by atoms with Gasteiger partial charge in [-0.05, 0) is 64.2 Å². The van der Waals surface area contributed by atoms with Crippen LogP contribution in [0.1, 0.15) is 70.6 Å². The van der Waals surface area contributed by atoms with Gasteiger partial charge in [0.25, 0.3) is 0 Å². The second-order valence-electron chi connectivity index (χ2n) is 6.49. The van der Waals surface area contributed by atoms with Crippen molar-refractivity contribution in [2.75, 3.05) is 0 Å². The van der Waals surface area contributed by atoms with Crippen molar-refractivity contribution in [3.05, 3.63) is 23.3 Å². The van der Waals surface area contributed by atoms with E-state index in [1.54, 1.807) is 0 Å². The summed E-state index contributed by atoms with van der Waals surface area (Å²) in [5, 5.41) is 0. The molecule has 0 heterocycles. The number of hydrogen-bond donors (Lipinski definition) is 0. The van der Waals surface area contributed by atoms with Gasteiger partial charge in [0, 0.05) is 11.8 Å². The van der Waals surface area contributed by atoms with Crippen molar-refractivity contribution in [3.63, 3.8) is 0 Å². The number of ketones is 1. The monoisotopic (exact) mass is 258 g/mol. The number of allylic oxidation sites excluding steroid dienone is 4. The van der Waals surface area contributed by atoms with Gasteiger partial charge in [-0.3, -0.25) is 4.79 Å². The first-order valence-corrected chi connectivity index (χ1v) is 8.28. The number of carbonyl (C=O) groups is 1. The zero-order valence-electron chi connectivity index (χ0n) is 12.0. The van der Waals surface area contributed by atoms with Gasteiger partial charge >= 0.3 is 0 Å². The Hall–Kier alpha value is -0.850. The van der Waals surface area contributed by atoms with E-state index in [-0.39, 0.29) is 11.8 Å². The zero-order chi connectivity index (χ0) is 13.1. The van der Waals surface area contributed by atoms with E-state index in [4.69, 9.17) is 0 Å². The van der Waals surface area contributed by atoms with Crippen LogP contribution < -0.4 is 0 Å². The maximum Gasteiger partial charge on any atom is 0.147 e. The van der Waals surface area contributed by atoms with Gasteiger partial charge in [0.15, 0.2) is 0 Å². The lowest BCUT2D eigenvalue weighted by Crippen LogP contribution is -2.31. The van der Waals surface area contributed by atoms with Crippen LogP contribution in [-0.4, -0.2) is 5.78 Å². The van der Waals surface area contributed by atoms with Crippen molar-refractivity contribution in [1.29, 1.82) is 0 Å². The van der Waals surface area contributed by atoms with Gasteiger partial charge in [-0.2, -0.15) is 0 Å². The molecule has 2 atom stereocenters. The Morgan fingerprint density at radius 3 is 1.68 bits per heavy atom. The first-order chi connectivity index (χ1) is 9.36. The summed E-state index contributed by atoms with van der Waals surface area (Å²) in [6.45, 7) is 0. The molecule has 0 saturated heterocycles. The smallest absolute Gasteiger partial charge is 0.147 e. The maximum atomic E-state index is 12.8. The Kier molecular flexibility index (Phi) is 4.20. The van der Waals surface area contributed by atoms with Gasteiger partial charge in [0.05, 0.1) is 0 Å². The molecule has 0 spiro atoms. The van der Waals surface area contributed by atoms with Crippen LogP contribution in [0.15, 0.2) is 23.3 Å². The lowest BCUT2D eigenvalue weighted by Gasteiger charge is -2.33. The molecular formula is C18H26O. The summed E-state index contributed by atoms with van der Waals surface area (Å²) >= 11 is 0. The van der Waals surface area contributed by atoms with Crippen molar-refractivity contribution in [2.45, 2.75) is 70.6 Å². The highest BCUT2D eigenvalue weighted by atomic mass is 16.1. The fourth-order valence-electron chi connectivity index (χ4n) is 4.15. The lowest BCUT2D eigenvalue weighted by molar-refractivity contribution is -0.126. The molecule has 1 fully saturated rings. The summed E-state index contributed by atoms with van der Waals surface area (Å²) in [5.41, 5.74) is 2.97. The third-order valence-electron chi connectivity index (χ3n) is 5.22. The topological polar surface area (TPSA) is 17.1 Å². The Morgan fingerprint density at radius 1 is 0.737 bits per heavy atom. The molecule has 1 heteroatoms. The van der Waals surface area contributed by atoms with E-state index in [1.165, 1.54) is 68.9 Å². The molecule has 0 unspecified atom stereocenters. The van der Waals surface area contributed by atoms with E-state index in [0.717, 1.165) is 12.8 Å². The van der Waals surface area contributed by atoms with Crippen LogP contribution in [0.25, 0.3) is 0 Å². The molecular weight excluding hydrogens is 232 g/mol. The van der Waals surface area contributed by atoms with Crippen LogP contribution in [0.3, 0.4) is 0 Å². The number of Topliss-reactive ketones (excluding diaryl/α,β-unsaturated/α-hetero) is 1. The summed E-state index contributed by atoms with van der Waals surface area (Å²) < 4.78 is 0. The fraction of sp³-hybridized carbons (Fsp3) is 0.722. The largest absolute Gasteiger partial charge is 0.298 e. The third-order valence-corrected chi connectivity index (χ3v) is 5.22. The molecule has 0 bridgehead atoms. The second-order valence-corrected chi connectivity index (χ2v) is 6.49. The van der Waals surface area contributed by atoms with Crippen LogP contribution in [0.4, 0.5) is 0 Å². The summed E-state index contributed by atoms with van der Waals surface area (Å²) in [5.74, 6) is 1.12. The minimum Gasteiger partial charge on any atom is -0.298 e. The average molecular weight is 258 g/mol. The van der Waals surface area contributed by atoms with E-state index in [1.807, 2.05) is 0 Å². The van der Waals surface area contributed by atoms with E-state index < -0.39 is 0 Å². The molecule has 19 heavy (non-hydrogen) atoms. The highest BCUT2D eigenvalue weighted by molar-refractivity contribution is 5.89. The highest BCUT2D eigenvalue weighted by Gasteiger charge is 2.35. The Labute approximate surface area is 117 Å². The Balaban J connectivity index is 1.75. The fourth-order valence-corrected chi connectivity index (χ4v) is 4.15. The van der Waals surface area contributed by atoms with Gasteiger partial charge in [0.1, 0.15) is 5.78 Å². The first-order valence-electron chi connectivity index (χ1n) is 8.28. The summed E-state index contributed by atoms with van der Waals surface area (Å²) in [4.78, 5) is 12.8. The number of carbonyl (C=O) groups excluding carboxylic acids is 1. The van der Waals surface area contributed by atoms with Gasteiger partial charge in [-0.25, -0.2) is 0 Å². The van der Waals surface area contributed by atoms with E-state index in [2.05, 4.69) is 12.2 Å². The van der Waals surface area contributed by atoms with Crippen LogP contribution in [0, 0.1) is 11.8 Å². The maximum absolute atomic E-state index is 12.8. The van der Waals surface area contributed by atoms with Gasteiger partial charge in [0.2, 0.25) is 0 Å². The summed E-state index contributed by atoms with van der Waals surface area (Å²) in [7, 11) is 0. The summed E-state index contributed by atoms with van der Waals surface area (Å²) in [6.07, 6.45) is 18.2. The molecule has 0 aromatic rings. The van der Waals surface area contributed by atoms with Gasteiger partial charge in [-0.15, -0.1) is 0 Å². The molecule has 0 N–H and O–H groups in total. The average Bonchev–Trinajstić information content (AvgIpc) is 2.49. The number of hydrogen-bond acceptors (Lipinski definition) is 1. The predicted molar refractivity (Wildman–Crippen MR) is 78.9 cm³/mol. The Bertz CT molecular complexity index is 366. The van der Waals surface area contributed by atoms with Gasteiger partial charge in [-0.1, -0.05) is 29.7 Å². The molecule has 1 saturated carbocycles. The first kappa shape index (κ1) is 13.1. The highest BCUT2D eigenvalue weighted by Crippen LogP contribution is 2.39. The van der Waals surface area contributed by atoms with Gasteiger partial charge < -0.3 is 0 Å². The molecule has 0 aliphatic heterocycles. The van der Waals surface area contributed by atoms with E-state index in [0.29, 0.717) is 5.78 Å². The number of rotatable bonds is 2. The van der Waals surface area contributed by atoms with Crippen molar-refractivity contribution < 1.29 is 4.79 Å². The van der Waals surface area contributed by atoms with Crippen LogP contribution in [0.5, 0.6) is 0 Å².